The molecule has 0 bridgehead atoms. The Kier molecular flexibility index (Phi) is 15.7. The Bertz CT molecular complexity index is 1030. The molecule has 0 fully saturated rings. The fourth-order valence-corrected chi connectivity index (χ4v) is 3.97. The van der Waals surface area contributed by atoms with Gasteiger partial charge in [-0.25, -0.2) is 0 Å². The number of nitrogens with one attached hydrogen (secondary N) is 2. The van der Waals surface area contributed by atoms with Crippen LogP contribution in [0.1, 0.15) is 49.0 Å². The largest absolute Gasteiger partial charge is 0.493 e. The molecule has 0 spiro atoms. The molecule has 2 aromatic carbocycles. The lowest BCUT2D eigenvalue weighted by atomic mass is 9.87. The van der Waals surface area contributed by atoms with Gasteiger partial charge in [-0.3, -0.25) is 9.59 Å². The van der Waals surface area contributed by atoms with Gasteiger partial charge in [0.1, 0.15) is 5.75 Å². The fourth-order valence-electron chi connectivity index (χ4n) is 3.97. The fraction of sp³-hybridized carbons (Fsp3) is 0.517. The standard InChI is InChI=1S/C29H41F2N3O5.ClH/c1-20(2)21(18-33-27(36)23-13-7-8-14-26(23)39-16-10-9-15-38-3)17-24(32)25(35)19-34-28(37)29(30,31)22-11-5-4-6-12-22;/h4-8,11-14,20-21,24-25,35H,9-10,15-19,32H2,1-3H3,(H,33,36)(H,34,37);1H/t21-,24+,25+;/m1./s1. The topological polar surface area (TPSA) is 123 Å². The maximum absolute atomic E-state index is 14.4. The molecule has 0 saturated carbocycles. The number of hydrogen-bond donors (Lipinski definition) is 4. The van der Waals surface area contributed by atoms with Crippen LogP contribution in [0, 0.1) is 11.8 Å². The molecule has 11 heteroatoms. The maximum atomic E-state index is 14.4. The van der Waals surface area contributed by atoms with E-state index in [9.17, 15) is 23.5 Å². The second-order valence-electron chi connectivity index (χ2n) is 9.88. The number of benzene rings is 2. The minimum absolute atomic E-state index is 0. The van der Waals surface area contributed by atoms with Crippen molar-refractivity contribution in [1.29, 1.82) is 0 Å². The number of hydrogen-bond acceptors (Lipinski definition) is 6. The number of para-hydroxylation sites is 1. The van der Waals surface area contributed by atoms with E-state index in [0.29, 0.717) is 30.9 Å². The Balaban J connectivity index is 0.00000800. The average Bonchev–Trinajstić information content (AvgIpc) is 2.93. The van der Waals surface area contributed by atoms with E-state index in [0.717, 1.165) is 25.0 Å². The average molecular weight is 586 g/mol. The summed E-state index contributed by atoms with van der Waals surface area (Å²) in [4.78, 5) is 25.0. The second kappa shape index (κ2) is 17.8. The highest BCUT2D eigenvalue weighted by atomic mass is 35.5. The van der Waals surface area contributed by atoms with E-state index in [1.54, 1.807) is 37.4 Å². The van der Waals surface area contributed by atoms with Crippen LogP contribution in [0.25, 0.3) is 0 Å². The molecule has 8 nitrogen and oxygen atoms in total. The van der Waals surface area contributed by atoms with E-state index in [1.807, 2.05) is 13.8 Å². The lowest BCUT2D eigenvalue weighted by Crippen LogP contribution is -2.48. The number of amides is 2. The van der Waals surface area contributed by atoms with Gasteiger partial charge in [0, 0.05) is 38.4 Å². The predicted molar refractivity (Wildman–Crippen MR) is 153 cm³/mol. The van der Waals surface area contributed by atoms with Crippen molar-refractivity contribution in [3.05, 3.63) is 65.7 Å². The molecule has 2 amide bonds. The maximum Gasteiger partial charge on any atom is 0.349 e. The minimum Gasteiger partial charge on any atom is -0.493 e. The van der Waals surface area contributed by atoms with Gasteiger partial charge >= 0.3 is 5.92 Å². The molecule has 3 atom stereocenters. The van der Waals surface area contributed by atoms with Crippen molar-refractivity contribution in [1.82, 2.24) is 10.6 Å². The normalized spacial score (nSPS) is 13.6. The summed E-state index contributed by atoms with van der Waals surface area (Å²) in [5, 5.41) is 15.5. The van der Waals surface area contributed by atoms with Gasteiger partial charge in [0.05, 0.1) is 18.3 Å². The summed E-state index contributed by atoms with van der Waals surface area (Å²) < 4.78 is 39.6. The van der Waals surface area contributed by atoms with Gasteiger partial charge in [0.15, 0.2) is 0 Å². The summed E-state index contributed by atoms with van der Waals surface area (Å²) in [6.07, 6.45) is 0.710. The molecule has 5 N–H and O–H groups in total. The number of rotatable bonds is 17. The van der Waals surface area contributed by atoms with E-state index in [1.165, 1.54) is 12.1 Å². The first-order chi connectivity index (χ1) is 18.6. The van der Waals surface area contributed by atoms with Crippen molar-refractivity contribution in [3.63, 3.8) is 0 Å². The van der Waals surface area contributed by atoms with E-state index in [-0.39, 0.29) is 36.7 Å². The number of unbranched alkanes of at least 4 members (excludes halogenated alkanes) is 1. The quantitative estimate of drug-likeness (QED) is 0.209. The Labute approximate surface area is 241 Å². The number of carbonyl (C=O) groups is 2. The van der Waals surface area contributed by atoms with Crippen molar-refractivity contribution < 1.29 is 33.0 Å². The summed E-state index contributed by atoms with van der Waals surface area (Å²) >= 11 is 0. The zero-order chi connectivity index (χ0) is 28.8. The van der Waals surface area contributed by atoms with Gasteiger partial charge in [-0.1, -0.05) is 56.3 Å². The van der Waals surface area contributed by atoms with Gasteiger partial charge in [-0.05, 0) is 43.2 Å². The second-order valence-corrected chi connectivity index (χ2v) is 9.88. The molecule has 0 heterocycles. The molecule has 224 valence electrons. The summed E-state index contributed by atoms with van der Waals surface area (Å²) in [7, 11) is 1.64. The van der Waals surface area contributed by atoms with Crippen LogP contribution in [-0.2, 0) is 15.5 Å². The van der Waals surface area contributed by atoms with Crippen LogP contribution < -0.4 is 21.1 Å². The molecular formula is C29H42ClF2N3O5. The SMILES string of the molecule is COCCCCOc1ccccc1C(=O)NC[C@@H](C[C@H](N)[C@@H](O)CNC(=O)C(F)(F)c1ccccc1)C(C)C.Cl. The molecule has 0 unspecified atom stereocenters. The van der Waals surface area contributed by atoms with Crippen molar-refractivity contribution >= 4 is 24.2 Å². The Morgan fingerprint density at radius 3 is 2.25 bits per heavy atom. The van der Waals surface area contributed by atoms with Crippen LogP contribution in [-0.4, -0.2) is 62.5 Å². The zero-order valence-corrected chi connectivity index (χ0v) is 24.1. The first-order valence-electron chi connectivity index (χ1n) is 13.2. The molecule has 0 saturated heterocycles. The highest BCUT2D eigenvalue weighted by molar-refractivity contribution is 5.96. The summed E-state index contributed by atoms with van der Waals surface area (Å²) in [5.41, 5.74) is 6.14. The van der Waals surface area contributed by atoms with Gasteiger partial charge in [0.25, 0.3) is 11.8 Å². The highest BCUT2D eigenvalue weighted by Gasteiger charge is 2.40. The van der Waals surface area contributed by atoms with Crippen LogP contribution in [0.5, 0.6) is 5.75 Å². The first kappa shape index (κ1) is 35.2. The zero-order valence-electron chi connectivity index (χ0n) is 23.3. The van der Waals surface area contributed by atoms with Crippen LogP contribution in [0.15, 0.2) is 54.6 Å². The van der Waals surface area contributed by atoms with E-state index in [2.05, 4.69) is 10.6 Å². The number of nitrogens with two attached hydrogens (primary N) is 1. The molecule has 0 radical (unpaired) electrons. The third-order valence-electron chi connectivity index (χ3n) is 6.56. The van der Waals surface area contributed by atoms with Gasteiger partial charge in [-0.2, -0.15) is 8.78 Å². The number of aliphatic hydroxyl groups excluding tert-OH is 1. The number of methoxy groups -OCH3 is 1. The summed E-state index contributed by atoms with van der Waals surface area (Å²) in [6, 6.07) is 12.9. The Hall–Kier alpha value is -2.79. The summed E-state index contributed by atoms with van der Waals surface area (Å²) in [6.45, 7) is 4.91. The van der Waals surface area contributed by atoms with Crippen LogP contribution in [0.3, 0.4) is 0 Å². The third-order valence-corrected chi connectivity index (χ3v) is 6.56. The molecule has 0 aromatic heterocycles. The van der Waals surface area contributed by atoms with Gasteiger partial charge in [-0.15, -0.1) is 12.4 Å². The molecule has 2 aromatic rings. The van der Waals surface area contributed by atoms with E-state index in [4.69, 9.17) is 15.2 Å². The lowest BCUT2D eigenvalue weighted by Gasteiger charge is -2.28. The van der Waals surface area contributed by atoms with Crippen molar-refractivity contribution in [2.75, 3.05) is 33.4 Å². The first-order valence-corrected chi connectivity index (χ1v) is 13.2. The predicted octanol–water partition coefficient (Wildman–Crippen LogP) is 3.90. The van der Waals surface area contributed by atoms with E-state index < -0.39 is 36.1 Å². The smallest absolute Gasteiger partial charge is 0.349 e. The molecular weight excluding hydrogens is 544 g/mol. The lowest BCUT2D eigenvalue weighted by molar-refractivity contribution is -0.147. The van der Waals surface area contributed by atoms with E-state index >= 15 is 0 Å². The molecule has 0 aliphatic rings. The number of halogens is 3. The summed E-state index contributed by atoms with van der Waals surface area (Å²) in [5.74, 6) is -5.05. The van der Waals surface area contributed by atoms with Crippen molar-refractivity contribution in [2.24, 2.45) is 17.6 Å². The molecule has 40 heavy (non-hydrogen) atoms. The molecule has 2 rings (SSSR count). The minimum atomic E-state index is -3.74. The van der Waals surface area contributed by atoms with Gasteiger partial charge < -0.3 is 30.9 Å². The molecule has 0 aliphatic heterocycles. The number of alkyl halides is 2. The third kappa shape index (κ3) is 11.0. The van der Waals surface area contributed by atoms with Crippen molar-refractivity contribution in [2.45, 2.75) is 51.2 Å². The van der Waals surface area contributed by atoms with Crippen LogP contribution in [0.4, 0.5) is 8.78 Å². The monoisotopic (exact) mass is 585 g/mol. The molecule has 0 aliphatic carbocycles. The van der Waals surface area contributed by atoms with Crippen LogP contribution >= 0.6 is 12.4 Å². The Morgan fingerprint density at radius 2 is 1.60 bits per heavy atom. The van der Waals surface area contributed by atoms with Gasteiger partial charge in [0.2, 0.25) is 0 Å². The number of carbonyl (C=O) groups excluding carboxylic acids is 2. The van der Waals surface area contributed by atoms with Crippen molar-refractivity contribution in [3.8, 4) is 5.75 Å². The number of ether oxygens (including phenoxy) is 2. The highest BCUT2D eigenvalue weighted by Crippen LogP contribution is 2.28. The van der Waals surface area contributed by atoms with Crippen LogP contribution in [0.2, 0.25) is 0 Å². The Morgan fingerprint density at radius 1 is 0.975 bits per heavy atom. The number of aliphatic hydroxyl groups is 1.